The minimum atomic E-state index is -3.85. The van der Waals surface area contributed by atoms with E-state index in [1.165, 1.54) is 16.4 Å². The number of nitrogens with one attached hydrogen (secondary N) is 1. The Morgan fingerprint density at radius 3 is 2.27 bits per heavy atom. The summed E-state index contributed by atoms with van der Waals surface area (Å²) in [6.07, 6.45) is 2.93. The summed E-state index contributed by atoms with van der Waals surface area (Å²) in [5.74, 6) is -0.0350. The lowest BCUT2D eigenvalue weighted by Crippen LogP contribution is -2.37. The Hall–Kier alpha value is -2.12. The molecule has 138 valence electrons. The summed E-state index contributed by atoms with van der Waals surface area (Å²) in [5.41, 5.74) is 1.18. The predicted molar refractivity (Wildman–Crippen MR) is 101 cm³/mol. The minimum absolute atomic E-state index is 0.0596. The molecule has 2 aliphatic heterocycles. The number of rotatable bonds is 4. The molecule has 0 amide bonds. The first kappa shape index (κ1) is 17.3. The van der Waals surface area contributed by atoms with E-state index in [9.17, 15) is 12.8 Å². The maximum Gasteiger partial charge on any atom is 0.331 e. The van der Waals surface area contributed by atoms with Crippen LogP contribution in [0.15, 0.2) is 48.5 Å². The number of anilines is 3. The van der Waals surface area contributed by atoms with Gasteiger partial charge in [0.05, 0.1) is 17.1 Å². The zero-order chi connectivity index (χ0) is 18.1. The zero-order valence-electron chi connectivity index (χ0n) is 14.4. The molecule has 0 atom stereocenters. The Morgan fingerprint density at radius 1 is 0.962 bits per heavy atom. The van der Waals surface area contributed by atoms with Gasteiger partial charge in [0, 0.05) is 6.54 Å². The van der Waals surface area contributed by atoms with E-state index in [4.69, 9.17) is 0 Å². The van der Waals surface area contributed by atoms with Crippen molar-refractivity contribution in [2.24, 2.45) is 5.92 Å². The predicted octanol–water partition coefficient (Wildman–Crippen LogP) is 3.42. The Bertz CT molecular complexity index is 897. The Balaban J connectivity index is 1.68. The number of piperidine rings is 1. The van der Waals surface area contributed by atoms with Gasteiger partial charge in [0.2, 0.25) is 0 Å². The molecule has 26 heavy (non-hydrogen) atoms. The second-order valence-corrected chi connectivity index (χ2v) is 8.47. The summed E-state index contributed by atoms with van der Waals surface area (Å²) >= 11 is 0. The van der Waals surface area contributed by atoms with Crippen LogP contribution >= 0.6 is 0 Å². The van der Waals surface area contributed by atoms with Crippen LogP contribution in [0.5, 0.6) is 0 Å². The number of fused-ring (bicyclic) bond motifs is 1. The molecule has 0 unspecified atom stereocenters. The van der Waals surface area contributed by atoms with Crippen LogP contribution in [0.4, 0.5) is 21.5 Å². The lowest BCUT2D eigenvalue weighted by Gasteiger charge is -2.26. The van der Waals surface area contributed by atoms with Crippen LogP contribution in [-0.2, 0) is 10.2 Å². The fourth-order valence-electron chi connectivity index (χ4n) is 3.77. The molecule has 1 saturated heterocycles. The van der Waals surface area contributed by atoms with Gasteiger partial charge in [-0.3, -0.25) is 4.31 Å². The summed E-state index contributed by atoms with van der Waals surface area (Å²) in [4.78, 5) is 0. The molecule has 2 aliphatic rings. The average molecular weight is 375 g/mol. The number of hydrogen-bond acceptors (Lipinski definition) is 3. The molecule has 7 heteroatoms. The highest BCUT2D eigenvalue weighted by atomic mass is 32.2. The molecule has 0 aliphatic carbocycles. The highest BCUT2D eigenvalue weighted by molar-refractivity contribution is 7.95. The van der Waals surface area contributed by atoms with Gasteiger partial charge in [-0.05, 0) is 62.5 Å². The van der Waals surface area contributed by atoms with Crippen molar-refractivity contribution >= 4 is 27.3 Å². The molecular weight excluding hydrogens is 353 g/mol. The molecular formula is C19H22FN3O2S. The average Bonchev–Trinajstić information content (AvgIpc) is 2.87. The highest BCUT2D eigenvalue weighted by Crippen LogP contribution is 2.46. The van der Waals surface area contributed by atoms with E-state index in [0.717, 1.165) is 36.7 Å². The van der Waals surface area contributed by atoms with Crippen molar-refractivity contribution in [1.82, 2.24) is 5.32 Å². The highest BCUT2D eigenvalue weighted by Gasteiger charge is 2.42. The fourth-order valence-corrected chi connectivity index (χ4v) is 5.51. The maximum absolute atomic E-state index is 14.4. The number of nitrogens with zero attached hydrogens (tertiary/aromatic N) is 2. The molecule has 0 spiro atoms. The number of halogens is 1. The van der Waals surface area contributed by atoms with Crippen molar-refractivity contribution < 1.29 is 12.8 Å². The first-order valence-electron chi connectivity index (χ1n) is 8.96. The first-order chi connectivity index (χ1) is 12.6. The molecule has 0 saturated carbocycles. The molecule has 2 heterocycles. The van der Waals surface area contributed by atoms with Crippen molar-refractivity contribution in [1.29, 1.82) is 0 Å². The normalized spacial score (nSPS) is 19.6. The molecule has 1 N–H and O–H groups in total. The lowest BCUT2D eigenvalue weighted by molar-refractivity contribution is 0.358. The van der Waals surface area contributed by atoms with E-state index in [0.29, 0.717) is 23.8 Å². The fraction of sp³-hybridized carbons (Fsp3) is 0.368. The number of benzene rings is 2. The lowest BCUT2D eigenvalue weighted by atomic mass is 9.95. The summed E-state index contributed by atoms with van der Waals surface area (Å²) in [5, 5.41) is 3.33. The van der Waals surface area contributed by atoms with Crippen LogP contribution in [0.2, 0.25) is 0 Å². The standard InChI is InChI=1S/C19H22FN3O2S/c20-16-5-1-2-6-17(16)23-19-8-4-3-7-18(19)22(26(23,24)25)14-11-15-9-12-21-13-10-15/h1-8,15,21H,9-14H2. The van der Waals surface area contributed by atoms with E-state index in [1.807, 2.05) is 6.07 Å². The van der Waals surface area contributed by atoms with E-state index in [-0.39, 0.29) is 5.69 Å². The Labute approximate surface area is 153 Å². The summed E-state index contributed by atoms with van der Waals surface area (Å²) in [6, 6.07) is 13.1. The second-order valence-electron chi connectivity index (χ2n) is 6.77. The van der Waals surface area contributed by atoms with E-state index < -0.39 is 16.0 Å². The van der Waals surface area contributed by atoms with Crippen molar-refractivity contribution in [3.63, 3.8) is 0 Å². The van der Waals surface area contributed by atoms with E-state index >= 15 is 0 Å². The van der Waals surface area contributed by atoms with Crippen LogP contribution in [0, 0.1) is 11.7 Å². The molecule has 2 aromatic rings. The largest absolute Gasteiger partial charge is 0.331 e. The number of para-hydroxylation sites is 3. The van der Waals surface area contributed by atoms with Crippen molar-refractivity contribution in [3.05, 3.63) is 54.3 Å². The van der Waals surface area contributed by atoms with E-state index in [2.05, 4.69) is 5.32 Å². The Morgan fingerprint density at radius 2 is 1.58 bits per heavy atom. The van der Waals surface area contributed by atoms with E-state index in [1.54, 1.807) is 30.3 Å². The van der Waals surface area contributed by atoms with Gasteiger partial charge in [-0.1, -0.05) is 24.3 Å². The van der Waals surface area contributed by atoms with Gasteiger partial charge in [-0.15, -0.1) is 0 Å². The van der Waals surface area contributed by atoms with Gasteiger partial charge in [-0.25, -0.2) is 8.70 Å². The van der Waals surface area contributed by atoms with Crippen molar-refractivity contribution in [2.75, 3.05) is 28.2 Å². The molecule has 4 rings (SSSR count). The van der Waals surface area contributed by atoms with Gasteiger partial charge in [0.1, 0.15) is 5.82 Å². The van der Waals surface area contributed by atoms with Crippen LogP contribution in [0.3, 0.4) is 0 Å². The number of hydrogen-bond donors (Lipinski definition) is 1. The quantitative estimate of drug-likeness (QED) is 0.891. The van der Waals surface area contributed by atoms with Crippen LogP contribution in [0.1, 0.15) is 19.3 Å². The van der Waals surface area contributed by atoms with Crippen molar-refractivity contribution in [3.8, 4) is 0 Å². The van der Waals surface area contributed by atoms with Crippen LogP contribution in [-0.4, -0.2) is 28.1 Å². The van der Waals surface area contributed by atoms with Gasteiger partial charge < -0.3 is 5.32 Å². The molecule has 1 fully saturated rings. The third-order valence-corrected chi connectivity index (χ3v) is 6.94. The topological polar surface area (TPSA) is 52.7 Å². The minimum Gasteiger partial charge on any atom is -0.317 e. The molecule has 5 nitrogen and oxygen atoms in total. The monoisotopic (exact) mass is 375 g/mol. The van der Waals surface area contributed by atoms with Gasteiger partial charge in [0.15, 0.2) is 0 Å². The summed E-state index contributed by atoms with van der Waals surface area (Å²) in [7, 11) is -3.85. The summed E-state index contributed by atoms with van der Waals surface area (Å²) < 4.78 is 43.4. The molecule has 0 aromatic heterocycles. The van der Waals surface area contributed by atoms with Gasteiger partial charge >= 0.3 is 10.2 Å². The zero-order valence-corrected chi connectivity index (χ0v) is 15.3. The third-order valence-electron chi connectivity index (χ3n) is 5.15. The molecule has 2 aromatic carbocycles. The second kappa shape index (κ2) is 6.89. The van der Waals surface area contributed by atoms with Crippen molar-refractivity contribution in [2.45, 2.75) is 19.3 Å². The summed E-state index contributed by atoms with van der Waals surface area (Å²) in [6.45, 7) is 2.37. The van der Waals surface area contributed by atoms with Gasteiger partial charge in [0.25, 0.3) is 0 Å². The molecule has 0 bridgehead atoms. The Kier molecular flexibility index (Phi) is 4.58. The molecule has 0 radical (unpaired) electrons. The smallest absolute Gasteiger partial charge is 0.317 e. The van der Waals surface area contributed by atoms with Crippen LogP contribution < -0.4 is 13.9 Å². The van der Waals surface area contributed by atoms with Gasteiger partial charge in [-0.2, -0.15) is 8.42 Å². The SMILES string of the molecule is O=S1(=O)N(CCC2CCNCC2)c2ccccc2N1c1ccccc1F. The van der Waals surface area contributed by atoms with Crippen LogP contribution in [0.25, 0.3) is 0 Å². The first-order valence-corrected chi connectivity index (χ1v) is 10.4. The third kappa shape index (κ3) is 2.95. The maximum atomic E-state index is 14.4.